The number of aliphatic hydroxyl groups is 1. The van der Waals surface area contributed by atoms with E-state index in [1.165, 1.54) is 0 Å². The van der Waals surface area contributed by atoms with Gasteiger partial charge in [0.1, 0.15) is 11.5 Å². The van der Waals surface area contributed by atoms with Crippen LogP contribution in [0.15, 0.2) is 47.6 Å². The standard InChI is InChI=1S/C18H21N3O3S/c1-21(9-10-22)17-8-7-14(24-2)11-13(17)12-25(23)18-19-15-5-3-4-6-16(15)20-18/h3-8,11,22H,9-10,12H2,1-2H3,(H,19,20). The van der Waals surface area contributed by atoms with Crippen molar-refractivity contribution in [1.82, 2.24) is 9.97 Å². The first kappa shape index (κ1) is 17.6. The number of likely N-dealkylation sites (N-methyl/N-ethyl adjacent to an activating group) is 1. The Balaban J connectivity index is 1.89. The molecule has 0 spiro atoms. The van der Waals surface area contributed by atoms with Crippen LogP contribution < -0.4 is 9.64 Å². The summed E-state index contributed by atoms with van der Waals surface area (Å²) in [7, 11) is 3.50. The van der Waals surface area contributed by atoms with Crippen molar-refractivity contribution in [3.05, 3.63) is 48.0 Å². The molecular formula is C18H21N3O3S. The number of aromatic nitrogens is 2. The Morgan fingerprint density at radius 3 is 2.80 bits per heavy atom. The molecule has 0 amide bonds. The Bertz CT molecular complexity index is 819. The van der Waals surface area contributed by atoms with E-state index in [9.17, 15) is 9.66 Å². The highest BCUT2D eigenvalue weighted by Crippen LogP contribution is 2.28. The first-order valence-corrected chi connectivity index (χ1v) is 9.26. The molecule has 25 heavy (non-hydrogen) atoms. The molecule has 0 aliphatic heterocycles. The summed E-state index contributed by atoms with van der Waals surface area (Å²) in [6, 6.07) is 13.3. The number of ether oxygens (including phenoxy) is 1. The number of anilines is 1. The van der Waals surface area contributed by atoms with Crippen molar-refractivity contribution in [3.63, 3.8) is 0 Å². The summed E-state index contributed by atoms with van der Waals surface area (Å²) in [6.45, 7) is 0.547. The second kappa shape index (κ2) is 7.77. The molecule has 0 fully saturated rings. The number of hydrogen-bond acceptors (Lipinski definition) is 5. The van der Waals surface area contributed by atoms with Crippen LogP contribution in [0, 0.1) is 0 Å². The van der Waals surface area contributed by atoms with Gasteiger partial charge in [-0.25, -0.2) is 0 Å². The molecule has 0 radical (unpaired) electrons. The zero-order valence-corrected chi connectivity index (χ0v) is 15.0. The summed E-state index contributed by atoms with van der Waals surface area (Å²) in [5.41, 5.74) is 3.47. The van der Waals surface area contributed by atoms with Gasteiger partial charge in [-0.15, -0.1) is 0 Å². The topological polar surface area (TPSA) is 84.4 Å². The molecule has 7 heteroatoms. The lowest BCUT2D eigenvalue weighted by Crippen LogP contribution is -2.23. The number of hydrogen-bond donors (Lipinski definition) is 2. The molecule has 0 saturated carbocycles. The van der Waals surface area contributed by atoms with Gasteiger partial charge in [0.05, 0.1) is 24.8 Å². The molecule has 0 aliphatic carbocycles. The van der Waals surface area contributed by atoms with E-state index in [4.69, 9.17) is 4.74 Å². The summed E-state index contributed by atoms with van der Waals surface area (Å²) in [4.78, 5) is 9.48. The molecule has 0 aliphatic rings. The van der Waals surface area contributed by atoms with Crippen LogP contribution in [-0.2, 0) is 16.9 Å². The van der Waals surface area contributed by atoms with E-state index in [1.54, 1.807) is 7.11 Å². The Labute approximate surface area is 149 Å². The zero-order chi connectivity index (χ0) is 17.8. The van der Waals surface area contributed by atoms with Gasteiger partial charge in [-0.2, -0.15) is 4.98 Å². The number of methoxy groups -OCH3 is 1. The summed E-state index contributed by atoms with van der Waals surface area (Å²) in [5.74, 6) is 1.01. The van der Waals surface area contributed by atoms with Crippen LogP contribution in [0.5, 0.6) is 5.75 Å². The normalized spacial score (nSPS) is 12.3. The molecular weight excluding hydrogens is 338 g/mol. The largest absolute Gasteiger partial charge is 0.609 e. The minimum absolute atomic E-state index is 0.0502. The molecule has 1 heterocycles. The van der Waals surface area contributed by atoms with Gasteiger partial charge >= 0.3 is 5.16 Å². The van der Waals surface area contributed by atoms with Crippen LogP contribution >= 0.6 is 0 Å². The molecule has 1 aromatic heterocycles. The zero-order valence-electron chi connectivity index (χ0n) is 14.2. The van der Waals surface area contributed by atoms with E-state index in [0.717, 1.165) is 22.3 Å². The van der Waals surface area contributed by atoms with Gasteiger partial charge in [0.15, 0.2) is 0 Å². The smallest absolute Gasteiger partial charge is 0.321 e. The first-order chi connectivity index (χ1) is 12.1. The second-order valence-corrected chi connectivity index (χ2v) is 7.06. The van der Waals surface area contributed by atoms with E-state index in [0.29, 0.717) is 23.2 Å². The average molecular weight is 359 g/mol. The number of aliphatic hydroxyl groups excluding tert-OH is 1. The van der Waals surface area contributed by atoms with Gasteiger partial charge < -0.3 is 19.3 Å². The predicted molar refractivity (Wildman–Crippen MR) is 99.6 cm³/mol. The molecule has 3 aromatic rings. The lowest BCUT2D eigenvalue weighted by molar-refractivity contribution is 0.304. The Hall–Kier alpha value is -2.22. The van der Waals surface area contributed by atoms with Crippen LogP contribution in [0.2, 0.25) is 0 Å². The van der Waals surface area contributed by atoms with E-state index < -0.39 is 11.2 Å². The number of para-hydroxylation sites is 2. The van der Waals surface area contributed by atoms with Gasteiger partial charge in [0.2, 0.25) is 0 Å². The molecule has 2 N–H and O–H groups in total. The number of nitrogens with zero attached hydrogens (tertiary/aromatic N) is 2. The Morgan fingerprint density at radius 2 is 2.08 bits per heavy atom. The maximum Gasteiger partial charge on any atom is 0.321 e. The van der Waals surface area contributed by atoms with Crippen LogP contribution in [0.25, 0.3) is 11.0 Å². The van der Waals surface area contributed by atoms with Gasteiger partial charge in [0.25, 0.3) is 0 Å². The van der Waals surface area contributed by atoms with Crippen LogP contribution in [0.4, 0.5) is 5.69 Å². The van der Waals surface area contributed by atoms with E-state index in [-0.39, 0.29) is 6.61 Å². The number of imidazole rings is 1. The minimum Gasteiger partial charge on any atom is -0.609 e. The van der Waals surface area contributed by atoms with E-state index >= 15 is 0 Å². The SMILES string of the molecule is COc1ccc(N(C)CCO)c(C[S+]([O-])c2nc3ccccc3[nH]2)c1. The van der Waals surface area contributed by atoms with Crippen molar-refractivity contribution in [2.75, 3.05) is 32.2 Å². The summed E-state index contributed by atoms with van der Waals surface area (Å²) >= 11 is -1.32. The third-order valence-corrected chi connectivity index (χ3v) is 5.20. The van der Waals surface area contributed by atoms with Crippen LogP contribution in [0.1, 0.15) is 5.56 Å². The third-order valence-electron chi connectivity index (χ3n) is 4.00. The molecule has 0 bridgehead atoms. The van der Waals surface area contributed by atoms with Crippen LogP contribution in [0.3, 0.4) is 0 Å². The molecule has 0 saturated heterocycles. The van der Waals surface area contributed by atoms with Gasteiger partial charge in [0, 0.05) is 36.0 Å². The Morgan fingerprint density at radius 1 is 1.28 bits per heavy atom. The predicted octanol–water partition coefficient (Wildman–Crippen LogP) is 2.31. The fourth-order valence-electron chi connectivity index (χ4n) is 2.69. The average Bonchev–Trinajstić information content (AvgIpc) is 3.06. The number of H-pyrrole nitrogens is 1. The maximum atomic E-state index is 12.8. The fraction of sp³-hybridized carbons (Fsp3) is 0.278. The number of nitrogens with one attached hydrogen (secondary N) is 1. The van der Waals surface area contributed by atoms with Crippen molar-refractivity contribution < 1.29 is 14.4 Å². The minimum atomic E-state index is -1.32. The molecule has 2 aromatic carbocycles. The summed E-state index contributed by atoms with van der Waals surface area (Å²) < 4.78 is 18.1. The lowest BCUT2D eigenvalue weighted by Gasteiger charge is -2.22. The molecule has 6 nitrogen and oxygen atoms in total. The maximum absolute atomic E-state index is 12.8. The molecule has 3 rings (SSSR count). The van der Waals surface area contributed by atoms with Gasteiger partial charge in [-0.1, -0.05) is 12.1 Å². The van der Waals surface area contributed by atoms with Crippen molar-refractivity contribution >= 4 is 27.9 Å². The highest BCUT2D eigenvalue weighted by Gasteiger charge is 2.20. The van der Waals surface area contributed by atoms with Crippen LogP contribution in [-0.4, -0.2) is 46.9 Å². The van der Waals surface area contributed by atoms with Gasteiger partial charge in [-0.05, 0) is 30.3 Å². The quantitative estimate of drug-likeness (QED) is 0.633. The first-order valence-electron chi connectivity index (χ1n) is 7.94. The summed E-state index contributed by atoms with van der Waals surface area (Å²) in [6.07, 6.45) is 0. The number of rotatable bonds is 7. The molecule has 132 valence electrons. The van der Waals surface area contributed by atoms with Crippen molar-refractivity contribution in [1.29, 1.82) is 0 Å². The monoisotopic (exact) mass is 359 g/mol. The van der Waals surface area contributed by atoms with Crippen molar-refractivity contribution in [2.45, 2.75) is 10.9 Å². The van der Waals surface area contributed by atoms with Crippen molar-refractivity contribution in [3.8, 4) is 5.75 Å². The third kappa shape index (κ3) is 3.89. The number of fused-ring (bicyclic) bond motifs is 1. The fourth-order valence-corrected chi connectivity index (χ4v) is 3.77. The lowest BCUT2D eigenvalue weighted by atomic mass is 10.1. The summed E-state index contributed by atoms with van der Waals surface area (Å²) in [5, 5.41) is 9.65. The highest BCUT2D eigenvalue weighted by molar-refractivity contribution is 7.90. The number of aromatic amines is 1. The Kier molecular flexibility index (Phi) is 5.47. The van der Waals surface area contributed by atoms with E-state index in [1.807, 2.05) is 54.4 Å². The molecule has 1 unspecified atom stereocenters. The second-order valence-electron chi connectivity index (χ2n) is 5.69. The van der Waals surface area contributed by atoms with Crippen molar-refractivity contribution in [2.24, 2.45) is 0 Å². The molecule has 1 atom stereocenters. The number of benzene rings is 2. The highest BCUT2D eigenvalue weighted by atomic mass is 32.2. The van der Waals surface area contributed by atoms with Gasteiger partial charge in [-0.3, -0.25) is 4.98 Å². The van der Waals surface area contributed by atoms with E-state index in [2.05, 4.69) is 9.97 Å².